The predicted octanol–water partition coefficient (Wildman–Crippen LogP) is 4.80. The number of benzene rings is 2. The van der Waals surface area contributed by atoms with E-state index >= 15 is 0 Å². The van der Waals surface area contributed by atoms with E-state index in [4.69, 9.17) is 0 Å². The Balaban J connectivity index is 1.73. The number of β-amino-alcohol motifs (C(OH)–C–C–N with tert-alkyl or cyclic N) is 1. The van der Waals surface area contributed by atoms with Crippen LogP contribution in [0.4, 0.5) is 0 Å². The third kappa shape index (κ3) is 2.98. The van der Waals surface area contributed by atoms with Crippen LogP contribution in [-0.2, 0) is 6.42 Å². The molecule has 0 radical (unpaired) electrons. The van der Waals surface area contributed by atoms with Crippen molar-refractivity contribution in [2.45, 2.75) is 57.5 Å². The van der Waals surface area contributed by atoms with Crippen molar-refractivity contribution in [1.29, 1.82) is 0 Å². The molecule has 1 saturated heterocycles. The Labute approximate surface area is 145 Å². The van der Waals surface area contributed by atoms with E-state index in [0.29, 0.717) is 5.92 Å². The number of aliphatic hydroxyl groups is 1. The molecule has 0 spiro atoms. The fraction of sp³-hybridized carbons (Fsp3) is 0.545. The van der Waals surface area contributed by atoms with Gasteiger partial charge in [-0.05, 0) is 78.6 Å². The highest BCUT2D eigenvalue weighted by molar-refractivity contribution is 5.90. The molecule has 2 aromatic carbocycles. The average Bonchev–Trinajstić information content (AvgIpc) is 2.62. The van der Waals surface area contributed by atoms with Crippen LogP contribution in [0.2, 0.25) is 0 Å². The van der Waals surface area contributed by atoms with Crippen molar-refractivity contribution in [2.75, 3.05) is 19.6 Å². The summed E-state index contributed by atoms with van der Waals surface area (Å²) in [5.41, 5.74) is 4.15. The van der Waals surface area contributed by atoms with Gasteiger partial charge in [0, 0.05) is 6.54 Å². The summed E-state index contributed by atoms with van der Waals surface area (Å²) in [6, 6.07) is 11.0. The zero-order chi connectivity index (χ0) is 16.5. The Morgan fingerprint density at radius 3 is 2.62 bits per heavy atom. The third-order valence-corrected chi connectivity index (χ3v) is 6.02. The third-order valence-electron chi connectivity index (χ3n) is 6.02. The van der Waals surface area contributed by atoms with Crippen LogP contribution in [0, 0.1) is 0 Å². The smallest absolute Gasteiger partial charge is 0.0923 e. The number of likely N-dealkylation sites (tertiary alicyclic amines) is 1. The van der Waals surface area contributed by atoms with Gasteiger partial charge >= 0.3 is 0 Å². The van der Waals surface area contributed by atoms with Crippen molar-refractivity contribution in [2.24, 2.45) is 0 Å². The van der Waals surface area contributed by atoms with Gasteiger partial charge in [-0.25, -0.2) is 0 Å². The first-order chi connectivity index (χ1) is 11.7. The normalized spacial score (nSPS) is 23.2. The topological polar surface area (TPSA) is 23.5 Å². The molecule has 1 heterocycles. The zero-order valence-corrected chi connectivity index (χ0v) is 14.8. The number of hydrogen-bond acceptors (Lipinski definition) is 2. The lowest BCUT2D eigenvalue weighted by molar-refractivity contribution is 0.102. The highest BCUT2D eigenvalue weighted by Crippen LogP contribution is 2.39. The molecule has 2 aromatic rings. The van der Waals surface area contributed by atoms with Gasteiger partial charge < -0.3 is 10.0 Å². The molecule has 1 fully saturated rings. The van der Waals surface area contributed by atoms with Gasteiger partial charge in [-0.1, -0.05) is 43.7 Å². The van der Waals surface area contributed by atoms with Crippen molar-refractivity contribution < 1.29 is 5.11 Å². The highest BCUT2D eigenvalue weighted by Gasteiger charge is 2.24. The van der Waals surface area contributed by atoms with E-state index < -0.39 is 0 Å². The Hall–Kier alpha value is -1.38. The van der Waals surface area contributed by atoms with E-state index in [1.807, 2.05) is 0 Å². The van der Waals surface area contributed by atoms with E-state index in [1.165, 1.54) is 54.0 Å². The summed E-state index contributed by atoms with van der Waals surface area (Å²) in [6.45, 7) is 5.40. The molecule has 0 bridgehead atoms. The van der Waals surface area contributed by atoms with E-state index in [1.54, 1.807) is 0 Å². The highest BCUT2D eigenvalue weighted by atomic mass is 16.3. The first-order valence-electron chi connectivity index (χ1n) is 9.69. The minimum atomic E-state index is -0.379. The minimum absolute atomic E-state index is 0.379. The van der Waals surface area contributed by atoms with Crippen molar-refractivity contribution in [1.82, 2.24) is 4.90 Å². The zero-order valence-electron chi connectivity index (χ0n) is 14.8. The number of hydrogen-bond donors (Lipinski definition) is 1. The lowest BCUT2D eigenvalue weighted by Gasteiger charge is -2.30. The van der Waals surface area contributed by atoms with Gasteiger partial charge in [0.1, 0.15) is 0 Å². The lowest BCUT2D eigenvalue weighted by Crippen LogP contribution is -2.33. The molecule has 2 atom stereocenters. The number of fused-ring (bicyclic) bond motifs is 3. The molecule has 4 rings (SSSR count). The van der Waals surface area contributed by atoms with Gasteiger partial charge in [-0.3, -0.25) is 0 Å². The maximum absolute atomic E-state index is 11.0. The van der Waals surface area contributed by atoms with Gasteiger partial charge in [-0.2, -0.15) is 0 Å². The number of rotatable bonds is 3. The maximum Gasteiger partial charge on any atom is 0.0923 e. The van der Waals surface area contributed by atoms with Gasteiger partial charge in [0.05, 0.1) is 6.10 Å². The van der Waals surface area contributed by atoms with Crippen LogP contribution in [0.25, 0.3) is 10.8 Å². The van der Waals surface area contributed by atoms with Gasteiger partial charge in [0.2, 0.25) is 0 Å². The molecule has 128 valence electrons. The number of aryl methyl sites for hydroxylation is 1. The van der Waals surface area contributed by atoms with Crippen LogP contribution < -0.4 is 0 Å². The van der Waals surface area contributed by atoms with Crippen molar-refractivity contribution in [3.05, 3.63) is 47.0 Å². The van der Waals surface area contributed by atoms with E-state index in [9.17, 15) is 5.11 Å². The SMILES string of the molecule is CC1CCCc2cc(C(O)CN3CCCCC3)c3ccccc3c21. The second-order valence-corrected chi connectivity index (χ2v) is 7.75. The molecule has 0 amide bonds. The summed E-state index contributed by atoms with van der Waals surface area (Å²) in [5, 5.41) is 13.6. The molecule has 2 nitrogen and oxygen atoms in total. The molecule has 2 unspecified atom stereocenters. The van der Waals surface area contributed by atoms with Crippen LogP contribution in [0.1, 0.15) is 67.7 Å². The Morgan fingerprint density at radius 2 is 1.83 bits per heavy atom. The molecule has 2 aliphatic rings. The summed E-state index contributed by atoms with van der Waals surface area (Å²) in [6.07, 6.45) is 7.22. The Morgan fingerprint density at radius 1 is 1.08 bits per heavy atom. The van der Waals surface area contributed by atoms with Crippen LogP contribution in [0.3, 0.4) is 0 Å². The van der Waals surface area contributed by atoms with Crippen LogP contribution in [0.15, 0.2) is 30.3 Å². The number of piperidine rings is 1. The second kappa shape index (κ2) is 6.85. The van der Waals surface area contributed by atoms with Crippen molar-refractivity contribution in [3.63, 3.8) is 0 Å². The molecule has 2 heteroatoms. The molecule has 1 aliphatic heterocycles. The van der Waals surface area contributed by atoms with Gasteiger partial charge in [0.15, 0.2) is 0 Å². The van der Waals surface area contributed by atoms with Gasteiger partial charge in [0.25, 0.3) is 0 Å². The second-order valence-electron chi connectivity index (χ2n) is 7.75. The fourth-order valence-electron chi connectivity index (χ4n) is 4.78. The molecule has 1 aliphatic carbocycles. The first-order valence-corrected chi connectivity index (χ1v) is 9.69. The molecular weight excluding hydrogens is 294 g/mol. The summed E-state index contributed by atoms with van der Waals surface area (Å²) in [4.78, 5) is 2.44. The summed E-state index contributed by atoms with van der Waals surface area (Å²) < 4.78 is 0. The molecular formula is C22H29NO. The maximum atomic E-state index is 11.0. The average molecular weight is 323 g/mol. The number of nitrogens with zero attached hydrogens (tertiary/aromatic N) is 1. The summed E-state index contributed by atoms with van der Waals surface area (Å²) in [7, 11) is 0. The van der Waals surface area contributed by atoms with Crippen LogP contribution in [0.5, 0.6) is 0 Å². The predicted molar refractivity (Wildman–Crippen MR) is 101 cm³/mol. The molecule has 0 saturated carbocycles. The fourth-order valence-corrected chi connectivity index (χ4v) is 4.78. The van der Waals surface area contributed by atoms with Gasteiger partial charge in [-0.15, -0.1) is 0 Å². The Bertz CT molecular complexity index is 717. The number of aliphatic hydroxyl groups excluding tert-OH is 1. The Kier molecular flexibility index (Phi) is 4.60. The molecule has 0 aromatic heterocycles. The van der Waals surface area contributed by atoms with E-state index in [2.05, 4.69) is 42.2 Å². The molecule has 1 N–H and O–H groups in total. The van der Waals surface area contributed by atoms with Crippen LogP contribution >= 0.6 is 0 Å². The monoisotopic (exact) mass is 323 g/mol. The lowest BCUT2D eigenvalue weighted by atomic mass is 9.79. The molecule has 24 heavy (non-hydrogen) atoms. The van der Waals surface area contributed by atoms with Crippen molar-refractivity contribution >= 4 is 10.8 Å². The quantitative estimate of drug-likeness (QED) is 0.877. The van der Waals surface area contributed by atoms with E-state index in [0.717, 1.165) is 31.6 Å². The van der Waals surface area contributed by atoms with Crippen LogP contribution in [-0.4, -0.2) is 29.6 Å². The standard InChI is InChI=1S/C22H29NO/c1-16-8-7-9-17-14-20(18-10-3-4-11-19(18)22(16)17)21(24)15-23-12-5-2-6-13-23/h3-4,10-11,14,16,21,24H,2,5-9,12-13,15H2,1H3. The van der Waals surface area contributed by atoms with E-state index in [-0.39, 0.29) is 6.10 Å². The minimum Gasteiger partial charge on any atom is -0.387 e. The summed E-state index contributed by atoms with van der Waals surface area (Å²) >= 11 is 0. The summed E-state index contributed by atoms with van der Waals surface area (Å²) in [5.74, 6) is 0.631. The first kappa shape index (κ1) is 16.1. The largest absolute Gasteiger partial charge is 0.387 e. The van der Waals surface area contributed by atoms with Crippen molar-refractivity contribution in [3.8, 4) is 0 Å².